The molecule has 2 aromatic carbocycles. The van der Waals surface area contributed by atoms with Gasteiger partial charge in [-0.15, -0.1) is 0 Å². The van der Waals surface area contributed by atoms with Crippen molar-refractivity contribution < 1.29 is 14.3 Å². The molecule has 1 saturated carbocycles. The molecule has 32 heavy (non-hydrogen) atoms. The SMILES string of the molecule is COc1c(Cl)c(C)c(C(C)=O)c(OCCNC2CCCC2)c1CCCCc1ccccc1. The molecule has 1 aliphatic carbocycles. The summed E-state index contributed by atoms with van der Waals surface area (Å²) in [5.74, 6) is 1.24. The lowest BCUT2D eigenvalue weighted by Gasteiger charge is -2.22. The number of nitrogens with one attached hydrogen (secondary N) is 1. The summed E-state index contributed by atoms with van der Waals surface area (Å²) in [5.41, 5.74) is 3.54. The van der Waals surface area contributed by atoms with E-state index in [1.807, 2.05) is 13.0 Å². The Morgan fingerprint density at radius 1 is 1.09 bits per heavy atom. The molecule has 5 heteroatoms. The number of rotatable bonds is 12. The molecule has 0 amide bonds. The van der Waals surface area contributed by atoms with Gasteiger partial charge in [0.15, 0.2) is 5.78 Å². The van der Waals surface area contributed by atoms with E-state index in [4.69, 9.17) is 21.1 Å². The number of carbonyl (C=O) groups is 1. The van der Waals surface area contributed by atoms with Crippen LogP contribution in [0.15, 0.2) is 30.3 Å². The van der Waals surface area contributed by atoms with Crippen LogP contribution in [0.25, 0.3) is 0 Å². The molecule has 0 heterocycles. The topological polar surface area (TPSA) is 47.6 Å². The van der Waals surface area contributed by atoms with Crippen LogP contribution in [-0.2, 0) is 12.8 Å². The van der Waals surface area contributed by atoms with Crippen molar-refractivity contribution >= 4 is 17.4 Å². The number of methoxy groups -OCH3 is 1. The van der Waals surface area contributed by atoms with Crippen molar-refractivity contribution in [3.05, 3.63) is 57.6 Å². The van der Waals surface area contributed by atoms with Crippen LogP contribution in [0.5, 0.6) is 11.5 Å². The number of aryl methyl sites for hydroxylation is 1. The Hall–Kier alpha value is -2.04. The zero-order chi connectivity index (χ0) is 22.9. The highest BCUT2D eigenvalue weighted by molar-refractivity contribution is 6.33. The van der Waals surface area contributed by atoms with Gasteiger partial charge in [-0.1, -0.05) is 54.8 Å². The smallest absolute Gasteiger partial charge is 0.163 e. The normalized spacial score (nSPS) is 14.0. The summed E-state index contributed by atoms with van der Waals surface area (Å²) in [5, 5.41) is 4.08. The lowest BCUT2D eigenvalue weighted by molar-refractivity contribution is 0.101. The Morgan fingerprint density at radius 3 is 2.44 bits per heavy atom. The van der Waals surface area contributed by atoms with Gasteiger partial charge in [-0.2, -0.15) is 0 Å². The first-order valence-electron chi connectivity index (χ1n) is 11.8. The predicted molar refractivity (Wildman–Crippen MR) is 132 cm³/mol. The standard InChI is InChI=1S/C27H36ClNO3/c1-19-24(20(2)30)26(32-18-17-29-22-14-8-9-15-22)23(27(31-3)25(19)28)16-10-7-13-21-11-5-4-6-12-21/h4-6,11-12,22,29H,7-10,13-18H2,1-3H3. The number of Topliss-reactive ketones (excluding diaryl/α,β-unsaturated/α-hetero) is 1. The summed E-state index contributed by atoms with van der Waals surface area (Å²) in [6.07, 6.45) is 8.83. The first-order chi connectivity index (χ1) is 15.5. The summed E-state index contributed by atoms with van der Waals surface area (Å²) >= 11 is 6.63. The molecule has 3 rings (SSSR count). The molecule has 0 saturated heterocycles. The number of benzene rings is 2. The monoisotopic (exact) mass is 457 g/mol. The van der Waals surface area contributed by atoms with Gasteiger partial charge < -0.3 is 14.8 Å². The van der Waals surface area contributed by atoms with Crippen molar-refractivity contribution in [3.63, 3.8) is 0 Å². The maximum absolute atomic E-state index is 12.6. The van der Waals surface area contributed by atoms with Gasteiger partial charge in [0.2, 0.25) is 0 Å². The highest BCUT2D eigenvalue weighted by Crippen LogP contribution is 2.43. The number of hydrogen-bond acceptors (Lipinski definition) is 4. The Labute approximate surface area is 197 Å². The second-order valence-corrected chi connectivity index (χ2v) is 9.07. The third-order valence-corrected chi connectivity index (χ3v) is 6.81. The zero-order valence-corrected chi connectivity index (χ0v) is 20.4. The number of halogens is 1. The molecule has 0 aromatic heterocycles. The van der Waals surface area contributed by atoms with E-state index in [1.54, 1.807) is 14.0 Å². The summed E-state index contributed by atoms with van der Waals surface area (Å²) in [6, 6.07) is 11.1. The number of carbonyl (C=O) groups excluding carboxylic acids is 1. The van der Waals surface area contributed by atoms with Gasteiger partial charge in [-0.25, -0.2) is 0 Å². The fourth-order valence-electron chi connectivity index (χ4n) is 4.68. The molecular formula is C27H36ClNO3. The average Bonchev–Trinajstić information content (AvgIpc) is 3.31. The van der Waals surface area contributed by atoms with E-state index in [0.29, 0.717) is 34.7 Å². The molecule has 0 unspecified atom stereocenters. The lowest BCUT2D eigenvalue weighted by Crippen LogP contribution is -2.30. The molecule has 1 aliphatic rings. The fourth-order valence-corrected chi connectivity index (χ4v) is 4.97. The third kappa shape index (κ3) is 6.26. The molecule has 2 aromatic rings. The number of unbranched alkanes of at least 4 members (excludes halogenated alkanes) is 1. The van der Waals surface area contributed by atoms with Crippen molar-refractivity contribution in [2.75, 3.05) is 20.3 Å². The van der Waals surface area contributed by atoms with E-state index in [-0.39, 0.29) is 5.78 Å². The molecule has 0 atom stereocenters. The summed E-state index contributed by atoms with van der Waals surface area (Å²) in [4.78, 5) is 12.6. The second kappa shape index (κ2) is 12.3. The van der Waals surface area contributed by atoms with Crippen LogP contribution >= 0.6 is 11.6 Å². The van der Waals surface area contributed by atoms with Crippen LogP contribution in [0.3, 0.4) is 0 Å². The van der Waals surface area contributed by atoms with E-state index < -0.39 is 0 Å². The molecular weight excluding hydrogens is 422 g/mol. The second-order valence-electron chi connectivity index (χ2n) is 8.69. The van der Waals surface area contributed by atoms with Crippen molar-refractivity contribution in [1.82, 2.24) is 5.32 Å². The molecule has 0 bridgehead atoms. The van der Waals surface area contributed by atoms with E-state index in [0.717, 1.165) is 43.4 Å². The van der Waals surface area contributed by atoms with Crippen molar-refractivity contribution in [1.29, 1.82) is 0 Å². The first-order valence-corrected chi connectivity index (χ1v) is 12.2. The zero-order valence-electron chi connectivity index (χ0n) is 19.6. The Bertz CT molecular complexity index is 892. The molecule has 4 nitrogen and oxygen atoms in total. The van der Waals surface area contributed by atoms with Gasteiger partial charge in [0.25, 0.3) is 0 Å². The van der Waals surface area contributed by atoms with Gasteiger partial charge in [0.1, 0.15) is 18.1 Å². The van der Waals surface area contributed by atoms with Gasteiger partial charge in [0.05, 0.1) is 17.7 Å². The molecule has 1 fully saturated rings. The Morgan fingerprint density at radius 2 is 1.78 bits per heavy atom. The molecule has 0 spiro atoms. The molecule has 0 aliphatic heterocycles. The number of ketones is 1. The quantitative estimate of drug-likeness (QED) is 0.298. The minimum absolute atomic E-state index is 0.0312. The van der Waals surface area contributed by atoms with Gasteiger partial charge >= 0.3 is 0 Å². The summed E-state index contributed by atoms with van der Waals surface area (Å²) in [6.45, 7) is 4.72. The van der Waals surface area contributed by atoms with Crippen LogP contribution in [0.2, 0.25) is 5.02 Å². The van der Waals surface area contributed by atoms with Crippen LogP contribution in [0.1, 0.15) is 72.5 Å². The molecule has 174 valence electrons. The van der Waals surface area contributed by atoms with Gasteiger partial charge in [-0.05, 0) is 63.5 Å². The Kier molecular flexibility index (Phi) is 9.43. The van der Waals surface area contributed by atoms with E-state index >= 15 is 0 Å². The lowest BCUT2D eigenvalue weighted by atomic mass is 9.95. The highest BCUT2D eigenvalue weighted by Gasteiger charge is 2.25. The van der Waals surface area contributed by atoms with Crippen LogP contribution in [-0.4, -0.2) is 32.1 Å². The number of hydrogen-bond donors (Lipinski definition) is 1. The van der Waals surface area contributed by atoms with Crippen LogP contribution < -0.4 is 14.8 Å². The summed E-state index contributed by atoms with van der Waals surface area (Å²) in [7, 11) is 1.63. The van der Waals surface area contributed by atoms with Gasteiger partial charge in [0, 0.05) is 18.2 Å². The van der Waals surface area contributed by atoms with E-state index in [2.05, 4.69) is 29.6 Å². The highest BCUT2D eigenvalue weighted by atomic mass is 35.5. The van der Waals surface area contributed by atoms with Crippen LogP contribution in [0.4, 0.5) is 0 Å². The molecule has 1 N–H and O–H groups in total. The van der Waals surface area contributed by atoms with Gasteiger partial charge in [-0.3, -0.25) is 4.79 Å². The maximum Gasteiger partial charge on any atom is 0.163 e. The number of ether oxygens (including phenoxy) is 2. The maximum atomic E-state index is 12.6. The van der Waals surface area contributed by atoms with E-state index in [1.165, 1.54) is 31.2 Å². The molecule has 0 radical (unpaired) electrons. The van der Waals surface area contributed by atoms with Crippen molar-refractivity contribution in [3.8, 4) is 11.5 Å². The first kappa shape index (κ1) is 24.6. The Balaban J connectivity index is 1.75. The minimum Gasteiger partial charge on any atom is -0.495 e. The van der Waals surface area contributed by atoms with Crippen molar-refractivity contribution in [2.24, 2.45) is 0 Å². The van der Waals surface area contributed by atoms with E-state index in [9.17, 15) is 4.79 Å². The third-order valence-electron chi connectivity index (χ3n) is 6.36. The average molecular weight is 458 g/mol. The largest absolute Gasteiger partial charge is 0.495 e. The predicted octanol–water partition coefficient (Wildman–Crippen LogP) is 6.34. The minimum atomic E-state index is -0.0312. The fraction of sp³-hybridized carbons (Fsp3) is 0.519. The van der Waals surface area contributed by atoms with Crippen molar-refractivity contribution in [2.45, 2.75) is 71.3 Å². The summed E-state index contributed by atoms with van der Waals surface area (Å²) < 4.78 is 12.0. The van der Waals surface area contributed by atoms with Crippen LogP contribution in [0, 0.1) is 6.92 Å².